The highest BCUT2D eigenvalue weighted by molar-refractivity contribution is 7.99. The molecule has 0 radical (unpaired) electrons. The SMILES string of the molecule is CCCCCCCCCCCCSCCCCCC=O. The molecule has 20 heavy (non-hydrogen) atoms. The molecule has 0 aliphatic heterocycles. The van der Waals surface area contributed by atoms with E-state index in [9.17, 15) is 4.79 Å². The van der Waals surface area contributed by atoms with Gasteiger partial charge in [0.2, 0.25) is 0 Å². The monoisotopic (exact) mass is 300 g/mol. The Labute approximate surface area is 131 Å². The van der Waals surface area contributed by atoms with Crippen LogP contribution in [0.1, 0.15) is 96.8 Å². The van der Waals surface area contributed by atoms with Gasteiger partial charge in [-0.15, -0.1) is 0 Å². The zero-order chi connectivity index (χ0) is 14.7. The minimum atomic E-state index is 0.753. The summed E-state index contributed by atoms with van der Waals surface area (Å²) in [4.78, 5) is 10.1. The molecule has 0 bridgehead atoms. The number of unbranched alkanes of at least 4 members (excludes halogenated alkanes) is 12. The number of hydrogen-bond acceptors (Lipinski definition) is 2. The van der Waals surface area contributed by atoms with Crippen LogP contribution < -0.4 is 0 Å². The van der Waals surface area contributed by atoms with Crippen molar-refractivity contribution in [3.05, 3.63) is 0 Å². The lowest BCUT2D eigenvalue weighted by molar-refractivity contribution is -0.107. The van der Waals surface area contributed by atoms with Crippen LogP contribution in [0.25, 0.3) is 0 Å². The third-order valence-corrected chi connectivity index (χ3v) is 4.91. The molecular weight excluding hydrogens is 264 g/mol. The highest BCUT2D eigenvalue weighted by atomic mass is 32.2. The van der Waals surface area contributed by atoms with Crippen LogP contribution in [0.15, 0.2) is 0 Å². The molecule has 0 aliphatic rings. The van der Waals surface area contributed by atoms with Gasteiger partial charge in [-0.1, -0.05) is 71.1 Å². The summed E-state index contributed by atoms with van der Waals surface area (Å²) >= 11 is 2.10. The van der Waals surface area contributed by atoms with Gasteiger partial charge in [-0.3, -0.25) is 0 Å². The number of carbonyl (C=O) groups excluding carboxylic acids is 1. The van der Waals surface area contributed by atoms with E-state index in [4.69, 9.17) is 0 Å². The molecule has 0 saturated carbocycles. The Morgan fingerprint density at radius 3 is 1.60 bits per heavy atom. The predicted molar refractivity (Wildman–Crippen MR) is 93.7 cm³/mol. The molecule has 1 nitrogen and oxygen atoms in total. The normalized spacial score (nSPS) is 10.8. The molecule has 0 N–H and O–H groups in total. The third-order valence-electron chi connectivity index (χ3n) is 3.75. The number of carbonyl (C=O) groups is 1. The predicted octanol–water partition coefficient (Wildman–Crippen LogP) is 6.40. The molecule has 0 unspecified atom stereocenters. The van der Waals surface area contributed by atoms with E-state index in [1.165, 1.54) is 88.6 Å². The van der Waals surface area contributed by atoms with Gasteiger partial charge < -0.3 is 4.79 Å². The van der Waals surface area contributed by atoms with Crippen LogP contribution in [0.3, 0.4) is 0 Å². The van der Waals surface area contributed by atoms with Gasteiger partial charge in [0.15, 0.2) is 0 Å². The van der Waals surface area contributed by atoms with Gasteiger partial charge in [0.25, 0.3) is 0 Å². The molecule has 0 saturated heterocycles. The van der Waals surface area contributed by atoms with E-state index in [0.717, 1.165) is 19.1 Å². The van der Waals surface area contributed by atoms with Crippen LogP contribution in [0.2, 0.25) is 0 Å². The van der Waals surface area contributed by atoms with E-state index in [2.05, 4.69) is 18.7 Å². The van der Waals surface area contributed by atoms with Gasteiger partial charge in [-0.05, 0) is 30.8 Å². The zero-order valence-electron chi connectivity index (χ0n) is 13.7. The van der Waals surface area contributed by atoms with Crippen molar-refractivity contribution in [3.8, 4) is 0 Å². The van der Waals surface area contributed by atoms with Crippen molar-refractivity contribution in [1.29, 1.82) is 0 Å². The number of rotatable bonds is 17. The van der Waals surface area contributed by atoms with Crippen LogP contribution in [0, 0.1) is 0 Å². The maximum atomic E-state index is 10.1. The molecule has 0 rings (SSSR count). The molecule has 0 fully saturated rings. The first-order chi connectivity index (χ1) is 9.91. The second-order valence-corrected chi connectivity index (χ2v) is 7.04. The largest absolute Gasteiger partial charge is 0.303 e. The maximum Gasteiger partial charge on any atom is 0.119 e. The smallest absolute Gasteiger partial charge is 0.119 e. The molecule has 120 valence electrons. The molecule has 0 aliphatic carbocycles. The van der Waals surface area contributed by atoms with Gasteiger partial charge in [0.05, 0.1) is 0 Å². The van der Waals surface area contributed by atoms with E-state index in [0.29, 0.717) is 0 Å². The third kappa shape index (κ3) is 18.0. The molecule has 0 spiro atoms. The van der Waals surface area contributed by atoms with Crippen molar-refractivity contribution in [1.82, 2.24) is 0 Å². The fourth-order valence-corrected chi connectivity index (χ4v) is 3.42. The first-order valence-corrected chi connectivity index (χ1v) is 10.1. The first kappa shape index (κ1) is 20.0. The van der Waals surface area contributed by atoms with Crippen molar-refractivity contribution < 1.29 is 4.79 Å². The van der Waals surface area contributed by atoms with Crippen molar-refractivity contribution in [2.45, 2.75) is 96.8 Å². The molecule has 0 amide bonds. The average molecular weight is 301 g/mol. The second-order valence-electron chi connectivity index (χ2n) is 5.81. The Hall–Kier alpha value is 0.0200. The van der Waals surface area contributed by atoms with Crippen molar-refractivity contribution >= 4 is 18.0 Å². The average Bonchev–Trinajstić information content (AvgIpc) is 2.47. The Morgan fingerprint density at radius 1 is 0.650 bits per heavy atom. The Kier molecular flexibility index (Phi) is 19.0. The zero-order valence-corrected chi connectivity index (χ0v) is 14.5. The van der Waals surface area contributed by atoms with Crippen molar-refractivity contribution in [2.24, 2.45) is 0 Å². The van der Waals surface area contributed by atoms with Crippen LogP contribution >= 0.6 is 11.8 Å². The van der Waals surface area contributed by atoms with Crippen molar-refractivity contribution in [3.63, 3.8) is 0 Å². The Balaban J connectivity index is 2.90. The van der Waals surface area contributed by atoms with E-state index in [-0.39, 0.29) is 0 Å². The molecule has 0 aromatic rings. The van der Waals surface area contributed by atoms with Gasteiger partial charge in [-0.25, -0.2) is 0 Å². The van der Waals surface area contributed by atoms with Crippen LogP contribution in [0.5, 0.6) is 0 Å². The summed E-state index contributed by atoms with van der Waals surface area (Å²) in [7, 11) is 0. The summed E-state index contributed by atoms with van der Waals surface area (Å²) < 4.78 is 0. The fourth-order valence-electron chi connectivity index (χ4n) is 2.40. The molecule has 0 aromatic carbocycles. The molecule has 0 heterocycles. The summed E-state index contributed by atoms with van der Waals surface area (Å²) in [6.45, 7) is 2.28. The van der Waals surface area contributed by atoms with Crippen LogP contribution in [-0.2, 0) is 4.79 Å². The number of thioether (sulfide) groups is 1. The highest BCUT2D eigenvalue weighted by Gasteiger charge is 1.94. The summed E-state index contributed by atoms with van der Waals surface area (Å²) in [5.41, 5.74) is 0. The summed E-state index contributed by atoms with van der Waals surface area (Å²) in [5.74, 6) is 2.63. The quantitative estimate of drug-likeness (QED) is 0.228. The number of hydrogen-bond donors (Lipinski definition) is 0. The minimum Gasteiger partial charge on any atom is -0.303 e. The van der Waals surface area contributed by atoms with Gasteiger partial charge in [-0.2, -0.15) is 11.8 Å². The summed E-state index contributed by atoms with van der Waals surface area (Å²) in [5, 5.41) is 0. The Bertz CT molecular complexity index is 182. The second kappa shape index (κ2) is 19.0. The van der Waals surface area contributed by atoms with Crippen LogP contribution in [0.4, 0.5) is 0 Å². The highest BCUT2D eigenvalue weighted by Crippen LogP contribution is 2.13. The molecular formula is C18H36OS. The van der Waals surface area contributed by atoms with Gasteiger partial charge in [0.1, 0.15) is 6.29 Å². The maximum absolute atomic E-state index is 10.1. The lowest BCUT2D eigenvalue weighted by atomic mass is 10.1. The minimum absolute atomic E-state index is 0.753. The van der Waals surface area contributed by atoms with Crippen LogP contribution in [-0.4, -0.2) is 17.8 Å². The molecule has 0 aromatic heterocycles. The summed E-state index contributed by atoms with van der Waals surface area (Å²) in [6.07, 6.45) is 19.7. The van der Waals surface area contributed by atoms with E-state index in [1.54, 1.807) is 0 Å². The Morgan fingerprint density at radius 2 is 1.10 bits per heavy atom. The van der Waals surface area contributed by atoms with E-state index in [1.807, 2.05) is 0 Å². The molecule has 2 heteroatoms. The molecule has 0 atom stereocenters. The fraction of sp³-hybridized carbons (Fsp3) is 0.944. The van der Waals surface area contributed by atoms with Gasteiger partial charge in [0, 0.05) is 6.42 Å². The lowest BCUT2D eigenvalue weighted by Gasteiger charge is -2.03. The van der Waals surface area contributed by atoms with Gasteiger partial charge >= 0.3 is 0 Å². The van der Waals surface area contributed by atoms with E-state index < -0.39 is 0 Å². The topological polar surface area (TPSA) is 17.1 Å². The first-order valence-electron chi connectivity index (χ1n) is 8.93. The van der Waals surface area contributed by atoms with E-state index >= 15 is 0 Å². The van der Waals surface area contributed by atoms with Crippen molar-refractivity contribution in [2.75, 3.05) is 11.5 Å². The summed E-state index contributed by atoms with van der Waals surface area (Å²) in [6, 6.07) is 0. The lowest BCUT2D eigenvalue weighted by Crippen LogP contribution is -1.87. The number of aldehydes is 1. The standard InChI is InChI=1S/C18H36OS/c1-2-3-4-5-6-7-8-9-11-14-17-20-18-15-12-10-13-16-19/h16H,2-15,17-18H2,1H3.